The average molecular weight is 450 g/mol. The van der Waals surface area contributed by atoms with Crippen LogP contribution in [-0.4, -0.2) is 26.5 Å². The van der Waals surface area contributed by atoms with E-state index in [0.717, 1.165) is 60.9 Å². The van der Waals surface area contributed by atoms with E-state index in [9.17, 15) is 0 Å². The Balaban J connectivity index is 1.17. The summed E-state index contributed by atoms with van der Waals surface area (Å²) in [6, 6.07) is 16.6. The Kier molecular flexibility index (Phi) is 5.63. The van der Waals surface area contributed by atoms with Gasteiger partial charge < -0.3 is 9.64 Å². The molecule has 0 amide bonds. The number of nitrogens with zero attached hydrogens (tertiary/aromatic N) is 5. The second-order valence-electron chi connectivity index (χ2n) is 8.94. The lowest BCUT2D eigenvalue weighted by molar-refractivity contribution is 0.300. The normalized spacial score (nSPS) is 14.9. The fraction of sp³-hybridized carbons (Fsp3) is 0.286. The molecule has 1 aromatic carbocycles. The zero-order valence-corrected chi connectivity index (χ0v) is 19.2. The van der Waals surface area contributed by atoms with Crippen molar-refractivity contribution in [2.24, 2.45) is 0 Å². The van der Waals surface area contributed by atoms with Crippen molar-refractivity contribution in [1.29, 1.82) is 0 Å². The molecule has 3 aromatic heterocycles. The molecule has 0 spiro atoms. The smallest absolute Gasteiger partial charge is 0.155 e. The molecule has 6 rings (SSSR count). The summed E-state index contributed by atoms with van der Waals surface area (Å²) in [6.07, 6.45) is 11.0. The monoisotopic (exact) mass is 449 g/mol. The van der Waals surface area contributed by atoms with E-state index in [1.165, 1.54) is 35.4 Å². The molecule has 0 radical (unpaired) electrons. The molecule has 0 bridgehead atoms. The van der Waals surface area contributed by atoms with Gasteiger partial charge in [0, 0.05) is 55.1 Å². The number of aryl methyl sites for hydroxylation is 2. The SMILES string of the molecule is c1cnc2c(c1)CN(c1nccnc1-c1ccc(OCc3ccc4c(n3)CCCC4)cc1)CC2. The maximum absolute atomic E-state index is 6.04. The molecule has 0 saturated carbocycles. The van der Waals surface area contributed by atoms with Crippen LogP contribution in [0.1, 0.15) is 41.1 Å². The minimum absolute atomic E-state index is 0.476. The molecule has 0 atom stereocenters. The summed E-state index contributed by atoms with van der Waals surface area (Å²) in [5, 5.41) is 0. The van der Waals surface area contributed by atoms with Crippen molar-refractivity contribution in [1.82, 2.24) is 19.9 Å². The third-order valence-electron chi connectivity index (χ3n) is 6.69. The summed E-state index contributed by atoms with van der Waals surface area (Å²) < 4.78 is 6.04. The number of fused-ring (bicyclic) bond motifs is 2. The molecule has 6 nitrogen and oxygen atoms in total. The minimum Gasteiger partial charge on any atom is -0.487 e. The van der Waals surface area contributed by atoms with E-state index in [4.69, 9.17) is 9.72 Å². The van der Waals surface area contributed by atoms with Gasteiger partial charge in [0.15, 0.2) is 5.82 Å². The quantitative estimate of drug-likeness (QED) is 0.429. The third-order valence-corrected chi connectivity index (χ3v) is 6.69. The zero-order chi connectivity index (χ0) is 22.7. The van der Waals surface area contributed by atoms with E-state index >= 15 is 0 Å². The van der Waals surface area contributed by atoms with Gasteiger partial charge >= 0.3 is 0 Å². The van der Waals surface area contributed by atoms with Crippen molar-refractivity contribution in [2.75, 3.05) is 11.4 Å². The number of rotatable bonds is 5. The van der Waals surface area contributed by atoms with Crippen LogP contribution < -0.4 is 9.64 Å². The van der Waals surface area contributed by atoms with E-state index in [0.29, 0.717) is 6.61 Å². The Hall–Kier alpha value is -3.80. The highest BCUT2D eigenvalue weighted by Crippen LogP contribution is 2.31. The van der Waals surface area contributed by atoms with E-state index in [1.54, 1.807) is 12.4 Å². The lowest BCUT2D eigenvalue weighted by atomic mass is 9.96. The Morgan fingerprint density at radius 2 is 1.65 bits per heavy atom. The van der Waals surface area contributed by atoms with Crippen molar-refractivity contribution in [3.8, 4) is 17.0 Å². The molecular weight excluding hydrogens is 422 g/mol. The first-order chi connectivity index (χ1) is 16.8. The Labute approximate surface area is 199 Å². The standard InChI is InChI=1S/C28H27N5O/c1-2-6-26-20(4-1)7-10-23(32-26)19-34-24-11-8-21(9-12-24)27-28(31-16-15-30-27)33-17-13-25-22(18-33)5-3-14-29-25/h3,5,7-12,14-16H,1-2,4,6,13,17-19H2. The largest absolute Gasteiger partial charge is 0.487 e. The first-order valence-electron chi connectivity index (χ1n) is 12.0. The number of hydrogen-bond donors (Lipinski definition) is 0. The van der Waals surface area contributed by atoms with E-state index in [-0.39, 0.29) is 0 Å². The Bertz CT molecular complexity index is 1300. The topological polar surface area (TPSA) is 64.0 Å². The summed E-state index contributed by atoms with van der Waals surface area (Å²) in [5.74, 6) is 1.73. The predicted molar refractivity (Wildman–Crippen MR) is 132 cm³/mol. The van der Waals surface area contributed by atoms with E-state index in [2.05, 4.69) is 50.2 Å². The van der Waals surface area contributed by atoms with Gasteiger partial charge in [-0.2, -0.15) is 0 Å². The summed E-state index contributed by atoms with van der Waals surface area (Å²) in [5.41, 5.74) is 7.98. The lowest BCUT2D eigenvalue weighted by Crippen LogP contribution is -2.32. The highest BCUT2D eigenvalue weighted by molar-refractivity contribution is 5.72. The molecule has 4 aromatic rings. The van der Waals surface area contributed by atoms with Crippen molar-refractivity contribution < 1.29 is 4.74 Å². The van der Waals surface area contributed by atoms with Crippen molar-refractivity contribution in [3.63, 3.8) is 0 Å². The number of anilines is 1. The predicted octanol–water partition coefficient (Wildman–Crippen LogP) is 4.95. The summed E-state index contributed by atoms with van der Waals surface area (Å²) in [4.78, 5) is 21.0. The molecule has 0 unspecified atom stereocenters. The number of ether oxygens (including phenoxy) is 1. The van der Waals surface area contributed by atoms with Gasteiger partial charge in [-0.3, -0.25) is 15.0 Å². The highest BCUT2D eigenvalue weighted by Gasteiger charge is 2.21. The van der Waals surface area contributed by atoms with Crippen molar-refractivity contribution in [3.05, 3.63) is 95.3 Å². The third kappa shape index (κ3) is 4.23. The molecule has 1 aliphatic heterocycles. The van der Waals surface area contributed by atoms with Gasteiger partial charge in [0.2, 0.25) is 0 Å². The van der Waals surface area contributed by atoms with Crippen LogP contribution in [0, 0.1) is 0 Å². The van der Waals surface area contributed by atoms with Gasteiger partial charge in [-0.1, -0.05) is 12.1 Å². The molecule has 4 heterocycles. The second-order valence-corrected chi connectivity index (χ2v) is 8.94. The van der Waals surface area contributed by atoms with Gasteiger partial charge in [-0.25, -0.2) is 4.98 Å². The number of aromatic nitrogens is 4. The molecular formula is C28H27N5O. The molecule has 6 heteroatoms. The minimum atomic E-state index is 0.476. The molecule has 170 valence electrons. The number of pyridine rings is 2. The average Bonchev–Trinajstić information content (AvgIpc) is 2.92. The maximum atomic E-state index is 6.04. The second kappa shape index (κ2) is 9.21. The number of hydrogen-bond acceptors (Lipinski definition) is 6. The van der Waals surface area contributed by atoms with E-state index < -0.39 is 0 Å². The van der Waals surface area contributed by atoms with Gasteiger partial charge in [-0.15, -0.1) is 0 Å². The van der Waals surface area contributed by atoms with Crippen LogP contribution in [0.2, 0.25) is 0 Å². The van der Waals surface area contributed by atoms with Crippen molar-refractivity contribution >= 4 is 5.82 Å². The molecule has 0 saturated heterocycles. The first-order valence-corrected chi connectivity index (χ1v) is 12.0. The molecule has 0 N–H and O–H groups in total. The Morgan fingerprint density at radius 3 is 2.59 bits per heavy atom. The highest BCUT2D eigenvalue weighted by atomic mass is 16.5. The molecule has 0 fully saturated rings. The van der Waals surface area contributed by atoms with Crippen LogP contribution in [0.15, 0.2) is 67.1 Å². The molecule has 2 aliphatic rings. The van der Waals surface area contributed by atoms with Crippen molar-refractivity contribution in [2.45, 2.75) is 45.3 Å². The van der Waals surface area contributed by atoms with Crippen LogP contribution in [0.25, 0.3) is 11.3 Å². The van der Waals surface area contributed by atoms with Crippen LogP contribution in [-0.2, 0) is 32.4 Å². The summed E-state index contributed by atoms with van der Waals surface area (Å²) in [6.45, 7) is 2.15. The van der Waals surface area contributed by atoms with Crippen LogP contribution in [0.3, 0.4) is 0 Å². The first kappa shape index (κ1) is 20.8. The van der Waals surface area contributed by atoms with Crippen LogP contribution in [0.5, 0.6) is 5.75 Å². The fourth-order valence-corrected chi connectivity index (χ4v) is 4.89. The molecule has 1 aliphatic carbocycles. The molecule has 34 heavy (non-hydrogen) atoms. The van der Waals surface area contributed by atoms with Gasteiger partial charge in [0.05, 0.1) is 5.69 Å². The summed E-state index contributed by atoms with van der Waals surface area (Å²) in [7, 11) is 0. The van der Waals surface area contributed by atoms with Gasteiger partial charge in [0.25, 0.3) is 0 Å². The van der Waals surface area contributed by atoms with Crippen LogP contribution >= 0.6 is 0 Å². The zero-order valence-electron chi connectivity index (χ0n) is 19.2. The number of benzene rings is 1. The summed E-state index contributed by atoms with van der Waals surface area (Å²) >= 11 is 0. The van der Waals surface area contributed by atoms with Gasteiger partial charge in [0.1, 0.15) is 18.1 Å². The Morgan fingerprint density at radius 1 is 0.765 bits per heavy atom. The maximum Gasteiger partial charge on any atom is 0.155 e. The van der Waals surface area contributed by atoms with E-state index in [1.807, 2.05) is 24.4 Å². The van der Waals surface area contributed by atoms with Crippen LogP contribution in [0.4, 0.5) is 5.82 Å². The van der Waals surface area contributed by atoms with Gasteiger partial charge in [-0.05, 0) is 73.2 Å². The fourth-order valence-electron chi connectivity index (χ4n) is 4.89. The lowest BCUT2D eigenvalue weighted by Gasteiger charge is -2.30.